The largest absolute Gasteiger partial charge is 0.299 e. The second-order valence-electron chi connectivity index (χ2n) is 3.64. The van der Waals surface area contributed by atoms with Crippen LogP contribution in [0.3, 0.4) is 0 Å². The number of ketones is 1. The Bertz CT molecular complexity index is 363. The number of hydrogen-bond acceptors (Lipinski definition) is 3. The zero-order chi connectivity index (χ0) is 10.7. The van der Waals surface area contributed by atoms with E-state index in [4.69, 9.17) is 0 Å². The van der Waals surface area contributed by atoms with E-state index >= 15 is 0 Å². The van der Waals surface area contributed by atoms with E-state index in [9.17, 15) is 4.79 Å². The topological polar surface area (TPSA) is 30.0 Å². The van der Waals surface area contributed by atoms with Crippen molar-refractivity contribution in [2.45, 2.75) is 12.8 Å². The van der Waals surface area contributed by atoms with Crippen LogP contribution in [0, 0.1) is 5.92 Å². The molecule has 0 aliphatic carbocycles. The number of nitrogens with zero attached hydrogens (tertiary/aromatic N) is 1. The van der Waals surface area contributed by atoms with E-state index < -0.39 is 0 Å². The molecule has 4 heteroatoms. The molecule has 0 bridgehead atoms. The summed E-state index contributed by atoms with van der Waals surface area (Å²) in [6.07, 6.45) is 3.23. The second kappa shape index (κ2) is 5.12. The maximum absolute atomic E-state index is 11.9. The molecule has 1 aliphatic rings. The van der Waals surface area contributed by atoms with Crippen molar-refractivity contribution in [3.63, 3.8) is 0 Å². The van der Waals surface area contributed by atoms with Crippen LogP contribution < -0.4 is 0 Å². The van der Waals surface area contributed by atoms with Crippen molar-refractivity contribution in [2.75, 3.05) is 11.5 Å². The molecule has 2 rings (SSSR count). The maximum atomic E-state index is 11.9. The van der Waals surface area contributed by atoms with Crippen molar-refractivity contribution in [1.29, 1.82) is 0 Å². The van der Waals surface area contributed by atoms with Gasteiger partial charge in [-0.3, -0.25) is 9.78 Å². The van der Waals surface area contributed by atoms with E-state index in [0.29, 0.717) is 12.2 Å². The Morgan fingerprint density at radius 1 is 1.67 bits per heavy atom. The lowest BCUT2D eigenvalue weighted by Crippen LogP contribution is -2.16. The Balaban J connectivity index is 2.02. The summed E-state index contributed by atoms with van der Waals surface area (Å²) >= 11 is 5.29. The van der Waals surface area contributed by atoms with Crippen molar-refractivity contribution >= 4 is 33.5 Å². The molecular formula is C11H12BrNOS. The molecule has 1 saturated heterocycles. The van der Waals surface area contributed by atoms with E-state index in [1.807, 2.05) is 23.9 Å². The molecule has 0 amide bonds. The fourth-order valence-electron chi connectivity index (χ4n) is 1.65. The van der Waals surface area contributed by atoms with Crippen LogP contribution in [0.5, 0.6) is 0 Å². The minimum atomic E-state index is 0.254. The van der Waals surface area contributed by atoms with E-state index in [1.165, 1.54) is 0 Å². The SMILES string of the molecule is O=C(Cc1ncccc1Br)C1CCSC1. The standard InChI is InChI=1S/C11H12BrNOS/c12-9-2-1-4-13-10(9)6-11(14)8-3-5-15-7-8/h1-2,4,8H,3,5-7H2. The van der Waals surface area contributed by atoms with E-state index in [-0.39, 0.29) is 5.92 Å². The molecule has 0 saturated carbocycles. The van der Waals surface area contributed by atoms with Gasteiger partial charge in [-0.2, -0.15) is 11.8 Å². The molecule has 1 aliphatic heterocycles. The van der Waals surface area contributed by atoms with Crippen LogP contribution >= 0.6 is 27.7 Å². The van der Waals surface area contributed by atoms with Crippen molar-refractivity contribution in [3.8, 4) is 0 Å². The Hall–Kier alpha value is -0.350. The predicted molar refractivity (Wildman–Crippen MR) is 66.1 cm³/mol. The van der Waals surface area contributed by atoms with Gasteiger partial charge >= 0.3 is 0 Å². The van der Waals surface area contributed by atoms with E-state index in [1.54, 1.807) is 6.20 Å². The van der Waals surface area contributed by atoms with Gasteiger partial charge in [-0.15, -0.1) is 0 Å². The molecule has 1 aromatic heterocycles. The van der Waals surface area contributed by atoms with Crippen molar-refractivity contribution in [1.82, 2.24) is 4.98 Å². The number of halogens is 1. The Labute approximate surface area is 102 Å². The van der Waals surface area contributed by atoms with Gasteiger partial charge in [0.1, 0.15) is 5.78 Å². The summed E-state index contributed by atoms with van der Waals surface area (Å²) in [5.41, 5.74) is 0.861. The first kappa shape index (κ1) is 11.1. The van der Waals surface area contributed by atoms with Crippen LogP contribution in [0.4, 0.5) is 0 Å². The van der Waals surface area contributed by atoms with Crippen LogP contribution in [0.2, 0.25) is 0 Å². The molecular weight excluding hydrogens is 274 g/mol. The first-order valence-electron chi connectivity index (χ1n) is 4.97. The Morgan fingerprint density at radius 2 is 2.53 bits per heavy atom. The molecule has 1 atom stereocenters. The van der Waals surface area contributed by atoms with Crippen molar-refractivity contribution < 1.29 is 4.79 Å². The minimum absolute atomic E-state index is 0.254. The molecule has 1 aromatic rings. The number of thioether (sulfide) groups is 1. The summed E-state index contributed by atoms with van der Waals surface area (Å²) in [4.78, 5) is 16.1. The first-order chi connectivity index (χ1) is 7.27. The van der Waals surface area contributed by atoms with Gasteiger partial charge in [-0.25, -0.2) is 0 Å². The zero-order valence-electron chi connectivity index (χ0n) is 8.28. The highest BCUT2D eigenvalue weighted by molar-refractivity contribution is 9.10. The monoisotopic (exact) mass is 285 g/mol. The van der Waals surface area contributed by atoms with Gasteiger partial charge in [0.15, 0.2) is 0 Å². The summed E-state index contributed by atoms with van der Waals surface area (Å²) in [6.45, 7) is 0. The van der Waals surface area contributed by atoms with Gasteiger partial charge in [-0.05, 0) is 40.2 Å². The van der Waals surface area contributed by atoms with Crippen LogP contribution in [-0.2, 0) is 11.2 Å². The second-order valence-corrected chi connectivity index (χ2v) is 5.64. The van der Waals surface area contributed by atoms with E-state index in [2.05, 4.69) is 20.9 Å². The highest BCUT2D eigenvalue weighted by Crippen LogP contribution is 2.26. The van der Waals surface area contributed by atoms with Gasteiger partial charge in [0.25, 0.3) is 0 Å². The quantitative estimate of drug-likeness (QED) is 0.855. The van der Waals surface area contributed by atoms with Gasteiger partial charge in [0.2, 0.25) is 0 Å². The number of aromatic nitrogens is 1. The summed E-state index contributed by atoms with van der Waals surface area (Å²) < 4.78 is 0.934. The fraction of sp³-hybridized carbons (Fsp3) is 0.455. The molecule has 2 nitrogen and oxygen atoms in total. The van der Waals surface area contributed by atoms with Gasteiger partial charge in [-0.1, -0.05) is 0 Å². The molecule has 1 fully saturated rings. The lowest BCUT2D eigenvalue weighted by Gasteiger charge is -2.07. The van der Waals surface area contributed by atoms with Crippen molar-refractivity contribution in [3.05, 3.63) is 28.5 Å². The molecule has 80 valence electrons. The van der Waals surface area contributed by atoms with Crippen molar-refractivity contribution in [2.24, 2.45) is 5.92 Å². The van der Waals surface area contributed by atoms with Crippen LogP contribution in [-0.4, -0.2) is 22.3 Å². The van der Waals surface area contributed by atoms with Gasteiger partial charge in [0.05, 0.1) is 12.1 Å². The highest BCUT2D eigenvalue weighted by atomic mass is 79.9. The summed E-state index contributed by atoms with van der Waals surface area (Å²) in [6, 6.07) is 3.79. The predicted octanol–water partition coefficient (Wildman–Crippen LogP) is 2.71. The third-order valence-corrected chi connectivity index (χ3v) is 4.45. The Morgan fingerprint density at radius 3 is 3.20 bits per heavy atom. The average Bonchev–Trinajstić information content (AvgIpc) is 2.74. The Kier molecular flexibility index (Phi) is 3.81. The van der Waals surface area contributed by atoms with Crippen LogP contribution in [0.1, 0.15) is 12.1 Å². The first-order valence-corrected chi connectivity index (χ1v) is 6.92. The number of pyridine rings is 1. The number of carbonyl (C=O) groups excluding carboxylic acids is 1. The number of hydrogen-bond donors (Lipinski definition) is 0. The molecule has 0 N–H and O–H groups in total. The third kappa shape index (κ3) is 2.82. The lowest BCUT2D eigenvalue weighted by molar-refractivity contribution is -0.121. The molecule has 0 spiro atoms. The van der Waals surface area contributed by atoms with Crippen LogP contribution in [0.15, 0.2) is 22.8 Å². The summed E-state index contributed by atoms with van der Waals surface area (Å²) in [5, 5.41) is 0. The molecule has 15 heavy (non-hydrogen) atoms. The normalized spacial score (nSPS) is 20.5. The number of carbonyl (C=O) groups is 1. The smallest absolute Gasteiger partial charge is 0.142 e. The molecule has 1 unspecified atom stereocenters. The zero-order valence-corrected chi connectivity index (χ0v) is 10.7. The van der Waals surface area contributed by atoms with Gasteiger partial charge < -0.3 is 0 Å². The molecule has 2 heterocycles. The highest BCUT2D eigenvalue weighted by Gasteiger charge is 2.23. The van der Waals surface area contributed by atoms with E-state index in [0.717, 1.165) is 28.1 Å². The molecule has 0 radical (unpaired) electrons. The fourth-order valence-corrected chi connectivity index (χ4v) is 3.30. The number of Topliss-reactive ketones (excluding diaryl/α,β-unsaturated/α-hetero) is 1. The maximum Gasteiger partial charge on any atom is 0.142 e. The van der Waals surface area contributed by atoms with Gasteiger partial charge in [0, 0.05) is 22.3 Å². The number of rotatable bonds is 3. The third-order valence-electron chi connectivity index (χ3n) is 2.56. The average molecular weight is 286 g/mol. The molecule has 0 aromatic carbocycles. The summed E-state index contributed by atoms with van der Waals surface area (Å²) in [7, 11) is 0. The lowest BCUT2D eigenvalue weighted by atomic mass is 10.00. The van der Waals surface area contributed by atoms with Crippen LogP contribution in [0.25, 0.3) is 0 Å². The summed E-state index contributed by atoms with van der Waals surface area (Å²) in [5.74, 6) is 2.70. The minimum Gasteiger partial charge on any atom is -0.299 e.